The lowest BCUT2D eigenvalue weighted by Crippen LogP contribution is -2.43. The van der Waals surface area contributed by atoms with Gasteiger partial charge in [-0.25, -0.2) is 8.78 Å². The number of nitrogens with one attached hydrogen (secondary N) is 1. The van der Waals surface area contributed by atoms with E-state index >= 15 is 0 Å². The first-order chi connectivity index (χ1) is 10.6. The third kappa shape index (κ3) is 3.46. The van der Waals surface area contributed by atoms with Crippen molar-refractivity contribution in [1.29, 1.82) is 0 Å². The molecule has 1 unspecified atom stereocenters. The van der Waals surface area contributed by atoms with Crippen molar-refractivity contribution < 1.29 is 13.6 Å². The summed E-state index contributed by atoms with van der Waals surface area (Å²) in [6, 6.07) is 4.28. The van der Waals surface area contributed by atoms with Gasteiger partial charge < -0.3 is 10.2 Å². The van der Waals surface area contributed by atoms with Crippen molar-refractivity contribution in [1.82, 2.24) is 10.2 Å². The van der Waals surface area contributed by atoms with Crippen LogP contribution in [0, 0.1) is 17.6 Å². The largest absolute Gasteiger partial charge is 0.342 e. The predicted octanol–water partition coefficient (Wildman–Crippen LogP) is 2.50. The fourth-order valence-corrected chi connectivity index (χ4v) is 3.60. The Hall–Kier alpha value is -1.49. The van der Waals surface area contributed by atoms with Crippen LogP contribution in [0.4, 0.5) is 8.78 Å². The van der Waals surface area contributed by atoms with Gasteiger partial charge in [-0.3, -0.25) is 4.79 Å². The van der Waals surface area contributed by atoms with E-state index in [0.29, 0.717) is 17.5 Å². The number of benzene rings is 1. The number of piperidine rings is 1. The summed E-state index contributed by atoms with van der Waals surface area (Å²) in [7, 11) is 0. The van der Waals surface area contributed by atoms with Crippen LogP contribution in [0.25, 0.3) is 0 Å². The molecule has 0 aliphatic carbocycles. The Balaban J connectivity index is 1.52. The average Bonchev–Trinajstić information content (AvgIpc) is 3.05. The van der Waals surface area contributed by atoms with Gasteiger partial charge in [-0.2, -0.15) is 0 Å². The van der Waals surface area contributed by atoms with Crippen LogP contribution >= 0.6 is 0 Å². The van der Waals surface area contributed by atoms with Crippen molar-refractivity contribution in [2.75, 3.05) is 19.6 Å². The summed E-state index contributed by atoms with van der Waals surface area (Å²) < 4.78 is 26.1. The first-order valence-electron chi connectivity index (χ1n) is 8.08. The van der Waals surface area contributed by atoms with Crippen LogP contribution in [0.5, 0.6) is 0 Å². The molecule has 1 aromatic rings. The second kappa shape index (κ2) is 6.73. The van der Waals surface area contributed by atoms with Gasteiger partial charge in [-0.1, -0.05) is 6.07 Å². The summed E-state index contributed by atoms with van der Waals surface area (Å²) in [6.07, 6.45) is 4.69. The summed E-state index contributed by atoms with van der Waals surface area (Å²) in [5.74, 6) is -1.10. The van der Waals surface area contributed by atoms with Gasteiger partial charge in [0.15, 0.2) is 11.6 Å². The standard InChI is InChI=1S/C17H22F2N2O/c18-14-4-3-12(10-15(14)19)11-17(22)21-8-5-13(6-9-21)16-2-1-7-20-16/h3-4,10,13,16,20H,1-2,5-9,11H2. The Kier molecular flexibility index (Phi) is 4.71. The number of hydrogen-bond donors (Lipinski definition) is 1. The zero-order chi connectivity index (χ0) is 15.5. The maximum absolute atomic E-state index is 13.2. The number of hydrogen-bond acceptors (Lipinski definition) is 2. The van der Waals surface area contributed by atoms with Crippen LogP contribution in [-0.4, -0.2) is 36.5 Å². The van der Waals surface area contributed by atoms with Crippen molar-refractivity contribution in [3.05, 3.63) is 35.4 Å². The lowest BCUT2D eigenvalue weighted by Gasteiger charge is -2.35. The molecule has 2 fully saturated rings. The summed E-state index contributed by atoms with van der Waals surface area (Å²) >= 11 is 0. The van der Waals surface area contributed by atoms with E-state index in [0.717, 1.165) is 44.6 Å². The topological polar surface area (TPSA) is 32.3 Å². The molecule has 2 saturated heterocycles. The molecule has 2 aliphatic heterocycles. The Morgan fingerprint density at radius 2 is 1.95 bits per heavy atom. The third-order valence-electron chi connectivity index (χ3n) is 4.90. The Bertz CT molecular complexity index is 535. The molecule has 3 rings (SSSR count). The molecule has 2 aliphatic rings. The van der Waals surface area contributed by atoms with Crippen molar-refractivity contribution in [2.45, 2.75) is 38.1 Å². The second-order valence-corrected chi connectivity index (χ2v) is 6.35. The number of likely N-dealkylation sites (tertiary alicyclic amines) is 1. The maximum atomic E-state index is 13.2. The van der Waals surface area contributed by atoms with Crippen LogP contribution in [-0.2, 0) is 11.2 Å². The van der Waals surface area contributed by atoms with E-state index in [9.17, 15) is 13.6 Å². The highest BCUT2D eigenvalue weighted by Gasteiger charge is 2.29. The normalized spacial score (nSPS) is 23.0. The molecule has 0 spiro atoms. The molecule has 2 heterocycles. The van der Waals surface area contributed by atoms with Gasteiger partial charge in [0.25, 0.3) is 0 Å². The van der Waals surface area contributed by atoms with E-state index in [1.54, 1.807) is 0 Å². The molecule has 0 bridgehead atoms. The van der Waals surface area contributed by atoms with Crippen LogP contribution in [0.3, 0.4) is 0 Å². The van der Waals surface area contributed by atoms with Gasteiger partial charge in [0.1, 0.15) is 0 Å². The number of nitrogens with zero attached hydrogens (tertiary/aromatic N) is 1. The van der Waals surface area contributed by atoms with Crippen LogP contribution in [0.1, 0.15) is 31.2 Å². The van der Waals surface area contributed by atoms with Crippen LogP contribution < -0.4 is 5.32 Å². The highest BCUT2D eigenvalue weighted by atomic mass is 19.2. The van der Waals surface area contributed by atoms with Gasteiger partial charge in [-0.15, -0.1) is 0 Å². The number of halogens is 2. The van der Waals surface area contributed by atoms with Gasteiger partial charge in [0, 0.05) is 19.1 Å². The zero-order valence-electron chi connectivity index (χ0n) is 12.7. The molecular weight excluding hydrogens is 286 g/mol. The molecule has 3 nitrogen and oxygen atoms in total. The summed E-state index contributed by atoms with van der Waals surface area (Å²) in [6.45, 7) is 2.65. The van der Waals surface area contributed by atoms with Gasteiger partial charge in [0.2, 0.25) is 5.91 Å². The predicted molar refractivity (Wildman–Crippen MR) is 80.4 cm³/mol. The second-order valence-electron chi connectivity index (χ2n) is 6.35. The van der Waals surface area contributed by atoms with Gasteiger partial charge in [-0.05, 0) is 55.8 Å². The highest BCUT2D eigenvalue weighted by molar-refractivity contribution is 5.78. The molecule has 1 aromatic carbocycles. The Labute approximate surface area is 129 Å². The monoisotopic (exact) mass is 308 g/mol. The SMILES string of the molecule is O=C(Cc1ccc(F)c(F)c1)N1CCC(C2CCCN2)CC1. The van der Waals surface area contributed by atoms with E-state index in [-0.39, 0.29) is 12.3 Å². The van der Waals surface area contributed by atoms with Gasteiger partial charge in [0.05, 0.1) is 6.42 Å². The number of amides is 1. The minimum atomic E-state index is -0.892. The molecule has 0 aromatic heterocycles. The fraction of sp³-hybridized carbons (Fsp3) is 0.588. The smallest absolute Gasteiger partial charge is 0.226 e. The molecule has 1 N–H and O–H groups in total. The zero-order valence-corrected chi connectivity index (χ0v) is 12.7. The molecule has 5 heteroatoms. The van der Waals surface area contributed by atoms with E-state index in [2.05, 4.69) is 5.32 Å². The van der Waals surface area contributed by atoms with Crippen molar-refractivity contribution in [3.63, 3.8) is 0 Å². The van der Waals surface area contributed by atoms with E-state index in [1.807, 2.05) is 4.90 Å². The fourth-order valence-electron chi connectivity index (χ4n) is 3.60. The van der Waals surface area contributed by atoms with E-state index in [1.165, 1.54) is 18.9 Å². The van der Waals surface area contributed by atoms with E-state index in [4.69, 9.17) is 0 Å². The van der Waals surface area contributed by atoms with E-state index < -0.39 is 11.6 Å². The molecule has 22 heavy (non-hydrogen) atoms. The number of rotatable bonds is 3. The first kappa shape index (κ1) is 15.4. The average molecular weight is 308 g/mol. The molecular formula is C17H22F2N2O. The lowest BCUT2D eigenvalue weighted by atomic mass is 9.88. The summed E-state index contributed by atoms with van der Waals surface area (Å²) in [4.78, 5) is 14.1. The quantitative estimate of drug-likeness (QED) is 0.930. The molecule has 1 atom stereocenters. The van der Waals surface area contributed by atoms with Gasteiger partial charge >= 0.3 is 0 Å². The lowest BCUT2D eigenvalue weighted by molar-refractivity contribution is -0.132. The third-order valence-corrected chi connectivity index (χ3v) is 4.90. The van der Waals surface area contributed by atoms with Crippen molar-refractivity contribution in [3.8, 4) is 0 Å². The molecule has 0 radical (unpaired) electrons. The summed E-state index contributed by atoms with van der Waals surface area (Å²) in [5.41, 5.74) is 0.531. The van der Waals surface area contributed by atoms with Crippen LogP contribution in [0.2, 0.25) is 0 Å². The summed E-state index contributed by atoms with van der Waals surface area (Å²) in [5, 5.41) is 3.54. The first-order valence-corrected chi connectivity index (χ1v) is 8.08. The molecule has 120 valence electrons. The minimum Gasteiger partial charge on any atom is -0.342 e. The van der Waals surface area contributed by atoms with Crippen molar-refractivity contribution in [2.24, 2.45) is 5.92 Å². The Morgan fingerprint density at radius 3 is 2.59 bits per heavy atom. The van der Waals surface area contributed by atoms with Crippen molar-refractivity contribution >= 4 is 5.91 Å². The minimum absolute atomic E-state index is 0.00355. The molecule has 1 amide bonds. The number of carbonyl (C=O) groups excluding carboxylic acids is 1. The number of carbonyl (C=O) groups is 1. The highest BCUT2D eigenvalue weighted by Crippen LogP contribution is 2.26. The Morgan fingerprint density at radius 1 is 1.18 bits per heavy atom. The van der Waals surface area contributed by atoms with Crippen LogP contribution in [0.15, 0.2) is 18.2 Å². The molecule has 0 saturated carbocycles. The maximum Gasteiger partial charge on any atom is 0.226 e.